The van der Waals surface area contributed by atoms with Crippen LogP contribution in [0.1, 0.15) is 47.5 Å². The van der Waals surface area contributed by atoms with E-state index in [-0.39, 0.29) is 0 Å². The minimum atomic E-state index is 0.703. The Labute approximate surface area is 83.1 Å². The van der Waals surface area contributed by atoms with Gasteiger partial charge < -0.3 is 0 Å². The van der Waals surface area contributed by atoms with Gasteiger partial charge in [-0.15, -0.1) is 0 Å². The first-order valence-electron chi connectivity index (χ1n) is 5.98. The summed E-state index contributed by atoms with van der Waals surface area (Å²) < 4.78 is 0. The predicted octanol–water partition coefficient (Wildman–Crippen LogP) is 3.96. The van der Waals surface area contributed by atoms with Crippen LogP contribution in [0.2, 0.25) is 0 Å². The Morgan fingerprint density at radius 3 is 2.31 bits per heavy atom. The summed E-state index contributed by atoms with van der Waals surface area (Å²) in [4.78, 5) is 0. The van der Waals surface area contributed by atoms with E-state index in [9.17, 15) is 0 Å². The summed E-state index contributed by atoms with van der Waals surface area (Å²) in [5, 5.41) is 0. The van der Waals surface area contributed by atoms with Crippen molar-refractivity contribution in [2.75, 3.05) is 0 Å². The van der Waals surface area contributed by atoms with Crippen molar-refractivity contribution in [3.8, 4) is 0 Å². The molecule has 0 radical (unpaired) electrons. The zero-order chi connectivity index (χ0) is 9.80. The van der Waals surface area contributed by atoms with Crippen molar-refractivity contribution in [3.63, 3.8) is 0 Å². The Kier molecular flexibility index (Phi) is 2.02. The molecule has 0 N–H and O–H groups in total. The van der Waals surface area contributed by atoms with Gasteiger partial charge in [-0.25, -0.2) is 0 Å². The molecule has 0 aromatic rings. The molecular formula is C13H24. The van der Waals surface area contributed by atoms with Crippen LogP contribution in [-0.4, -0.2) is 0 Å². The molecule has 0 bridgehead atoms. The van der Waals surface area contributed by atoms with Crippen molar-refractivity contribution in [3.05, 3.63) is 0 Å². The summed E-state index contributed by atoms with van der Waals surface area (Å²) in [5.41, 5.74) is 0.703. The van der Waals surface area contributed by atoms with Gasteiger partial charge in [-0.3, -0.25) is 0 Å². The van der Waals surface area contributed by atoms with Crippen LogP contribution in [0.25, 0.3) is 0 Å². The van der Waals surface area contributed by atoms with E-state index < -0.39 is 0 Å². The van der Waals surface area contributed by atoms with Gasteiger partial charge in [0.1, 0.15) is 0 Å². The highest BCUT2D eigenvalue weighted by atomic mass is 14.7. The molecule has 0 amide bonds. The topological polar surface area (TPSA) is 0 Å². The molecule has 0 aromatic carbocycles. The average Bonchev–Trinajstić information content (AvgIpc) is 2.75. The van der Waals surface area contributed by atoms with Crippen LogP contribution < -0.4 is 0 Å². The van der Waals surface area contributed by atoms with E-state index in [0.717, 1.165) is 29.6 Å². The fraction of sp³-hybridized carbons (Fsp3) is 1.00. The summed E-state index contributed by atoms with van der Waals surface area (Å²) in [6.07, 6.45) is 3.02. The second-order valence-corrected chi connectivity index (χ2v) is 6.26. The minimum absolute atomic E-state index is 0.703. The molecule has 0 saturated heterocycles. The summed E-state index contributed by atoms with van der Waals surface area (Å²) in [6.45, 7) is 12.1. The van der Waals surface area contributed by atoms with Crippen LogP contribution in [0.5, 0.6) is 0 Å². The van der Waals surface area contributed by atoms with E-state index in [1.54, 1.807) is 6.42 Å². The quantitative estimate of drug-likeness (QED) is 0.616. The van der Waals surface area contributed by atoms with Crippen molar-refractivity contribution in [2.24, 2.45) is 35.0 Å². The molecule has 2 aliphatic rings. The third kappa shape index (κ3) is 1.17. The largest absolute Gasteiger partial charge is 0.0628 e. The monoisotopic (exact) mass is 180 g/mol. The molecule has 76 valence electrons. The highest BCUT2D eigenvalue weighted by molar-refractivity contribution is 5.16. The molecule has 4 atom stereocenters. The predicted molar refractivity (Wildman–Crippen MR) is 57.5 cm³/mol. The number of rotatable bonds is 3. The molecule has 0 nitrogen and oxygen atoms in total. The molecule has 2 aliphatic carbocycles. The third-order valence-electron chi connectivity index (χ3n) is 4.92. The standard InChI is InChI=1S/C13H24/c1-8(2)6-11-10-7-12(10)13(11,5)9(3)4/h8-12H,6-7H2,1-5H3. The van der Waals surface area contributed by atoms with E-state index in [2.05, 4.69) is 34.6 Å². The molecule has 0 heteroatoms. The Morgan fingerprint density at radius 1 is 1.23 bits per heavy atom. The molecule has 2 fully saturated rings. The second kappa shape index (κ2) is 2.74. The van der Waals surface area contributed by atoms with Gasteiger partial charge in [0.2, 0.25) is 0 Å². The molecule has 0 aliphatic heterocycles. The molecule has 2 rings (SSSR count). The Hall–Kier alpha value is 0. The Bertz CT molecular complexity index is 200. The highest BCUT2D eigenvalue weighted by Crippen LogP contribution is 2.74. The molecular weight excluding hydrogens is 156 g/mol. The van der Waals surface area contributed by atoms with Crippen LogP contribution in [0.4, 0.5) is 0 Å². The fourth-order valence-electron chi connectivity index (χ4n) is 3.79. The first-order valence-corrected chi connectivity index (χ1v) is 5.98. The van der Waals surface area contributed by atoms with Gasteiger partial charge in [0.25, 0.3) is 0 Å². The SMILES string of the molecule is CC(C)CC1C2CC2C1(C)C(C)C. The van der Waals surface area contributed by atoms with Gasteiger partial charge in [-0.2, -0.15) is 0 Å². The van der Waals surface area contributed by atoms with E-state index >= 15 is 0 Å². The lowest BCUT2D eigenvalue weighted by atomic mass is 9.54. The zero-order valence-electron chi connectivity index (χ0n) is 9.80. The van der Waals surface area contributed by atoms with E-state index in [1.807, 2.05) is 0 Å². The molecule has 0 spiro atoms. The number of fused-ring (bicyclic) bond motifs is 1. The van der Waals surface area contributed by atoms with Crippen molar-refractivity contribution in [1.29, 1.82) is 0 Å². The molecule has 4 unspecified atom stereocenters. The lowest BCUT2D eigenvalue weighted by molar-refractivity contribution is -0.0282. The molecule has 2 saturated carbocycles. The smallest absolute Gasteiger partial charge is 0.0240 e. The van der Waals surface area contributed by atoms with Crippen molar-refractivity contribution in [1.82, 2.24) is 0 Å². The first-order chi connectivity index (χ1) is 5.98. The summed E-state index contributed by atoms with van der Waals surface area (Å²) in [7, 11) is 0. The maximum absolute atomic E-state index is 2.54. The lowest BCUT2D eigenvalue weighted by Gasteiger charge is -2.51. The fourth-order valence-corrected chi connectivity index (χ4v) is 3.79. The maximum Gasteiger partial charge on any atom is -0.0240 e. The van der Waals surface area contributed by atoms with Crippen molar-refractivity contribution >= 4 is 0 Å². The van der Waals surface area contributed by atoms with Gasteiger partial charge in [0, 0.05) is 0 Å². The second-order valence-electron chi connectivity index (χ2n) is 6.26. The minimum Gasteiger partial charge on any atom is -0.0628 e. The molecule has 0 aromatic heterocycles. The Morgan fingerprint density at radius 2 is 1.85 bits per heavy atom. The zero-order valence-corrected chi connectivity index (χ0v) is 9.80. The Balaban J connectivity index is 2.04. The van der Waals surface area contributed by atoms with E-state index in [0.29, 0.717) is 5.41 Å². The van der Waals surface area contributed by atoms with E-state index in [1.165, 1.54) is 6.42 Å². The van der Waals surface area contributed by atoms with Gasteiger partial charge in [0.15, 0.2) is 0 Å². The highest BCUT2D eigenvalue weighted by Gasteiger charge is 2.68. The average molecular weight is 180 g/mol. The van der Waals surface area contributed by atoms with E-state index in [4.69, 9.17) is 0 Å². The molecule has 13 heavy (non-hydrogen) atoms. The summed E-state index contributed by atoms with van der Waals surface area (Å²) >= 11 is 0. The summed E-state index contributed by atoms with van der Waals surface area (Å²) in [5.74, 6) is 5.08. The van der Waals surface area contributed by atoms with Crippen LogP contribution in [0.3, 0.4) is 0 Å². The first kappa shape index (κ1) is 9.55. The van der Waals surface area contributed by atoms with Crippen LogP contribution >= 0.6 is 0 Å². The molecule has 0 heterocycles. The number of hydrogen-bond donors (Lipinski definition) is 0. The van der Waals surface area contributed by atoms with Gasteiger partial charge in [-0.1, -0.05) is 34.6 Å². The summed E-state index contributed by atoms with van der Waals surface area (Å²) in [6, 6.07) is 0. The third-order valence-corrected chi connectivity index (χ3v) is 4.92. The van der Waals surface area contributed by atoms with Crippen molar-refractivity contribution < 1.29 is 0 Å². The van der Waals surface area contributed by atoms with Gasteiger partial charge in [0.05, 0.1) is 0 Å². The normalized spacial score (nSPS) is 47.8. The van der Waals surface area contributed by atoms with Crippen LogP contribution in [0.15, 0.2) is 0 Å². The lowest BCUT2D eigenvalue weighted by Crippen LogP contribution is -2.45. The van der Waals surface area contributed by atoms with Gasteiger partial charge in [-0.05, 0) is 47.8 Å². The van der Waals surface area contributed by atoms with Crippen molar-refractivity contribution in [2.45, 2.75) is 47.5 Å². The maximum atomic E-state index is 2.54. The van der Waals surface area contributed by atoms with Gasteiger partial charge >= 0.3 is 0 Å². The van der Waals surface area contributed by atoms with Crippen LogP contribution in [-0.2, 0) is 0 Å². The van der Waals surface area contributed by atoms with Crippen LogP contribution in [0, 0.1) is 35.0 Å². The number of hydrogen-bond acceptors (Lipinski definition) is 0.